The first-order chi connectivity index (χ1) is 6.61. The lowest BCUT2D eigenvalue weighted by Crippen LogP contribution is -2.06. The summed E-state index contributed by atoms with van der Waals surface area (Å²) in [6, 6.07) is 3.69. The Bertz CT molecular complexity index is 421. The van der Waals surface area contributed by atoms with Crippen molar-refractivity contribution in [1.82, 2.24) is 4.57 Å². The zero-order chi connectivity index (χ0) is 10.7. The molecule has 0 atom stereocenters. The number of nitriles is 1. The molecule has 0 bridgehead atoms. The van der Waals surface area contributed by atoms with E-state index in [4.69, 9.17) is 5.26 Å². The van der Waals surface area contributed by atoms with Crippen molar-refractivity contribution in [3.05, 3.63) is 35.7 Å². The van der Waals surface area contributed by atoms with Gasteiger partial charge in [-0.05, 0) is 13.0 Å². The second kappa shape index (κ2) is 3.93. The molecule has 0 aliphatic carbocycles. The lowest BCUT2D eigenvalue weighted by molar-refractivity contribution is 0.100. The van der Waals surface area contributed by atoms with Crippen LogP contribution in [0.4, 0.5) is 0 Å². The van der Waals surface area contributed by atoms with Crippen molar-refractivity contribution < 1.29 is 4.79 Å². The summed E-state index contributed by atoms with van der Waals surface area (Å²) < 4.78 is 1.80. The first-order valence-corrected chi connectivity index (χ1v) is 4.34. The molecule has 3 nitrogen and oxygen atoms in total. The van der Waals surface area contributed by atoms with E-state index in [-0.39, 0.29) is 5.78 Å². The molecule has 0 spiro atoms. The van der Waals surface area contributed by atoms with Gasteiger partial charge in [0.25, 0.3) is 0 Å². The number of nitrogens with zero attached hydrogens (tertiary/aromatic N) is 2. The first-order valence-electron chi connectivity index (χ1n) is 4.34. The summed E-state index contributed by atoms with van der Waals surface area (Å²) in [4.78, 5) is 11.3. The highest BCUT2D eigenvalue weighted by molar-refractivity contribution is 5.93. The summed E-state index contributed by atoms with van der Waals surface area (Å²) in [5.74, 6) is -0.0311. The van der Waals surface area contributed by atoms with E-state index >= 15 is 0 Å². The van der Waals surface area contributed by atoms with Gasteiger partial charge in [0.15, 0.2) is 5.78 Å². The van der Waals surface area contributed by atoms with Crippen LogP contribution in [0.15, 0.2) is 18.7 Å². The van der Waals surface area contributed by atoms with Gasteiger partial charge >= 0.3 is 0 Å². The molecule has 3 heteroatoms. The van der Waals surface area contributed by atoms with Gasteiger partial charge in [-0.25, -0.2) is 0 Å². The minimum Gasteiger partial charge on any atom is -0.337 e. The number of hydrogen-bond donors (Lipinski definition) is 0. The lowest BCUT2D eigenvalue weighted by atomic mass is 10.2. The molecule has 0 aromatic carbocycles. The number of aromatic nitrogens is 1. The average Bonchev–Trinajstić information content (AvgIpc) is 2.45. The number of carbonyl (C=O) groups excluding carboxylic acids is 1. The van der Waals surface area contributed by atoms with Gasteiger partial charge in [0.2, 0.25) is 0 Å². The molecule has 0 saturated carbocycles. The maximum absolute atomic E-state index is 11.3. The third-order valence-corrected chi connectivity index (χ3v) is 2.16. The molecule has 0 aliphatic rings. The van der Waals surface area contributed by atoms with Crippen LogP contribution in [0.2, 0.25) is 0 Å². The van der Waals surface area contributed by atoms with E-state index in [1.807, 2.05) is 6.92 Å². The van der Waals surface area contributed by atoms with E-state index in [0.717, 1.165) is 5.69 Å². The second-order valence-corrected chi connectivity index (χ2v) is 3.10. The number of carbonyl (C=O) groups is 1. The Morgan fingerprint density at radius 2 is 2.43 bits per heavy atom. The van der Waals surface area contributed by atoms with E-state index in [0.29, 0.717) is 17.8 Å². The maximum atomic E-state index is 11.3. The normalized spacial score (nSPS) is 9.50. The molecule has 1 rings (SSSR count). The fraction of sp³-hybridized carbons (Fsp3) is 0.273. The van der Waals surface area contributed by atoms with Gasteiger partial charge in [-0.2, -0.15) is 5.26 Å². The van der Waals surface area contributed by atoms with Gasteiger partial charge in [-0.1, -0.05) is 6.08 Å². The molecule has 1 aromatic heterocycles. The number of hydrogen-bond acceptors (Lipinski definition) is 2. The van der Waals surface area contributed by atoms with Crippen LogP contribution in [0.3, 0.4) is 0 Å². The zero-order valence-electron chi connectivity index (χ0n) is 8.37. The molecule has 0 aliphatic heterocycles. The van der Waals surface area contributed by atoms with Crippen LogP contribution in [0, 0.1) is 18.3 Å². The molecular weight excluding hydrogens is 176 g/mol. The Balaban J connectivity index is 3.35. The molecule has 0 amide bonds. The van der Waals surface area contributed by atoms with Crippen molar-refractivity contribution >= 4 is 5.78 Å². The van der Waals surface area contributed by atoms with Crippen LogP contribution in [-0.4, -0.2) is 10.4 Å². The SMILES string of the molecule is C=CCn1c(C(C)=O)cc(C#N)c1C. The molecule has 72 valence electrons. The molecule has 1 heterocycles. The number of allylic oxidation sites excluding steroid dienone is 1. The van der Waals surface area contributed by atoms with Crippen LogP contribution in [-0.2, 0) is 6.54 Å². The maximum Gasteiger partial charge on any atom is 0.176 e. The Labute approximate surface area is 83.3 Å². The predicted octanol–water partition coefficient (Wildman–Crippen LogP) is 2.06. The highest BCUT2D eigenvalue weighted by atomic mass is 16.1. The Morgan fingerprint density at radius 3 is 2.86 bits per heavy atom. The Hall–Kier alpha value is -1.82. The van der Waals surface area contributed by atoms with E-state index in [1.165, 1.54) is 6.92 Å². The van der Waals surface area contributed by atoms with Gasteiger partial charge in [0.1, 0.15) is 6.07 Å². The second-order valence-electron chi connectivity index (χ2n) is 3.10. The van der Waals surface area contributed by atoms with E-state index < -0.39 is 0 Å². The molecule has 14 heavy (non-hydrogen) atoms. The molecular formula is C11H12N2O. The predicted molar refractivity (Wildman–Crippen MR) is 54.1 cm³/mol. The third kappa shape index (κ3) is 1.60. The molecule has 0 fully saturated rings. The molecule has 0 unspecified atom stereocenters. The summed E-state index contributed by atoms with van der Waals surface area (Å²) in [6.45, 7) is 7.50. The number of ketones is 1. The quantitative estimate of drug-likeness (QED) is 0.538. The minimum atomic E-state index is -0.0311. The van der Waals surface area contributed by atoms with E-state index in [9.17, 15) is 4.79 Å². The van der Waals surface area contributed by atoms with Gasteiger partial charge in [-0.15, -0.1) is 6.58 Å². The van der Waals surface area contributed by atoms with Crippen LogP contribution in [0.25, 0.3) is 0 Å². The minimum absolute atomic E-state index is 0.0311. The standard InChI is InChI=1S/C11H12N2O/c1-4-5-13-8(2)10(7-12)6-11(13)9(3)14/h4,6H,1,5H2,2-3H3. The number of Topliss-reactive ketones (excluding diaryl/α,β-unsaturated/α-hetero) is 1. The van der Waals surface area contributed by atoms with Crippen LogP contribution in [0.1, 0.15) is 28.7 Å². The summed E-state index contributed by atoms with van der Waals surface area (Å²) in [5, 5.41) is 8.81. The monoisotopic (exact) mass is 188 g/mol. The molecule has 0 N–H and O–H groups in total. The summed E-state index contributed by atoms with van der Waals surface area (Å²) in [7, 11) is 0. The van der Waals surface area contributed by atoms with Gasteiger partial charge in [0.05, 0.1) is 11.3 Å². The van der Waals surface area contributed by atoms with Crippen molar-refractivity contribution in [2.75, 3.05) is 0 Å². The smallest absolute Gasteiger partial charge is 0.176 e. The van der Waals surface area contributed by atoms with Crippen molar-refractivity contribution in [2.24, 2.45) is 0 Å². The highest BCUT2D eigenvalue weighted by Gasteiger charge is 2.13. The highest BCUT2D eigenvalue weighted by Crippen LogP contribution is 2.15. The topological polar surface area (TPSA) is 45.8 Å². The molecule has 0 saturated heterocycles. The fourth-order valence-corrected chi connectivity index (χ4v) is 1.41. The average molecular weight is 188 g/mol. The third-order valence-electron chi connectivity index (χ3n) is 2.16. The largest absolute Gasteiger partial charge is 0.337 e. The van der Waals surface area contributed by atoms with Crippen LogP contribution < -0.4 is 0 Å². The summed E-state index contributed by atoms with van der Waals surface area (Å²) >= 11 is 0. The van der Waals surface area contributed by atoms with Crippen LogP contribution in [0.5, 0.6) is 0 Å². The van der Waals surface area contributed by atoms with Crippen molar-refractivity contribution in [1.29, 1.82) is 5.26 Å². The number of rotatable bonds is 3. The van der Waals surface area contributed by atoms with Crippen molar-refractivity contribution in [2.45, 2.75) is 20.4 Å². The molecule has 0 radical (unpaired) electrons. The van der Waals surface area contributed by atoms with Crippen molar-refractivity contribution in [3.8, 4) is 6.07 Å². The van der Waals surface area contributed by atoms with Crippen LogP contribution >= 0.6 is 0 Å². The lowest BCUT2D eigenvalue weighted by Gasteiger charge is -2.05. The molecule has 1 aromatic rings. The van der Waals surface area contributed by atoms with E-state index in [1.54, 1.807) is 16.7 Å². The zero-order valence-corrected chi connectivity index (χ0v) is 8.37. The fourth-order valence-electron chi connectivity index (χ4n) is 1.41. The Morgan fingerprint density at radius 1 is 1.79 bits per heavy atom. The van der Waals surface area contributed by atoms with Gasteiger partial charge in [-0.3, -0.25) is 4.79 Å². The van der Waals surface area contributed by atoms with Gasteiger partial charge in [0, 0.05) is 19.2 Å². The summed E-state index contributed by atoms with van der Waals surface area (Å²) in [6.07, 6.45) is 1.71. The van der Waals surface area contributed by atoms with E-state index in [2.05, 4.69) is 12.6 Å². The first kappa shape index (κ1) is 10.3. The van der Waals surface area contributed by atoms with Crippen molar-refractivity contribution in [3.63, 3.8) is 0 Å². The summed E-state index contributed by atoms with van der Waals surface area (Å²) in [5.41, 5.74) is 1.94. The van der Waals surface area contributed by atoms with Gasteiger partial charge < -0.3 is 4.57 Å². The Kier molecular flexibility index (Phi) is 2.88.